The Hall–Kier alpha value is -1.43. The first kappa shape index (κ1) is 12.6. The summed E-state index contributed by atoms with van der Waals surface area (Å²) < 4.78 is 9.68. The highest BCUT2D eigenvalue weighted by molar-refractivity contribution is 6.17. The maximum absolute atomic E-state index is 11.7. The maximum Gasteiger partial charge on any atom is 0.331 e. The first-order chi connectivity index (χ1) is 7.28. The van der Waals surface area contributed by atoms with Gasteiger partial charge in [0, 0.05) is 13.8 Å². The van der Waals surface area contributed by atoms with Gasteiger partial charge in [-0.05, 0) is 14.0 Å². The van der Waals surface area contributed by atoms with Gasteiger partial charge in [-0.3, -0.25) is 14.4 Å². The van der Waals surface area contributed by atoms with Crippen LogP contribution in [0.15, 0.2) is 0 Å². The standard InChI is InChI=1S/C10H15NO5/c1-5(11-4)7(12)6-8(13)15-10(2,3)16-9(6)14/h5-6,11H,1-4H3/t5-/m0/s1. The number of carbonyl (C=O) groups is 3. The minimum Gasteiger partial charge on any atom is -0.422 e. The van der Waals surface area contributed by atoms with Gasteiger partial charge in [0.25, 0.3) is 5.79 Å². The number of ether oxygens (including phenoxy) is 2. The molecular weight excluding hydrogens is 214 g/mol. The topological polar surface area (TPSA) is 81.7 Å². The molecule has 0 radical (unpaired) electrons. The third-order valence-corrected chi connectivity index (χ3v) is 2.31. The minimum atomic E-state index is -1.48. The molecule has 16 heavy (non-hydrogen) atoms. The fourth-order valence-corrected chi connectivity index (χ4v) is 1.34. The van der Waals surface area contributed by atoms with E-state index < -0.39 is 35.5 Å². The molecule has 1 aliphatic heterocycles. The Morgan fingerprint density at radius 3 is 2.12 bits per heavy atom. The lowest BCUT2D eigenvalue weighted by molar-refractivity contribution is -0.238. The second kappa shape index (κ2) is 4.21. The largest absolute Gasteiger partial charge is 0.422 e. The molecule has 0 aromatic carbocycles. The SMILES string of the molecule is CN[C@@H](C)C(=O)C1C(=O)OC(C)(C)OC1=O. The summed E-state index contributed by atoms with van der Waals surface area (Å²) in [4.78, 5) is 34.7. The molecule has 1 N–H and O–H groups in total. The van der Waals surface area contributed by atoms with Crippen molar-refractivity contribution in [3.05, 3.63) is 0 Å². The van der Waals surface area contributed by atoms with Crippen LogP contribution in [0.1, 0.15) is 20.8 Å². The zero-order valence-electron chi connectivity index (χ0n) is 9.70. The van der Waals surface area contributed by atoms with Crippen molar-refractivity contribution in [1.82, 2.24) is 5.32 Å². The third-order valence-electron chi connectivity index (χ3n) is 2.31. The lowest BCUT2D eigenvalue weighted by Gasteiger charge is -2.32. The summed E-state index contributed by atoms with van der Waals surface area (Å²) in [7, 11) is 1.56. The van der Waals surface area contributed by atoms with Gasteiger partial charge in [0.1, 0.15) is 0 Å². The Bertz CT molecular complexity index is 316. The van der Waals surface area contributed by atoms with Crippen LogP contribution in [0, 0.1) is 5.92 Å². The molecule has 0 spiro atoms. The lowest BCUT2D eigenvalue weighted by Crippen LogP contribution is -2.52. The van der Waals surface area contributed by atoms with Gasteiger partial charge in [-0.1, -0.05) is 0 Å². The van der Waals surface area contributed by atoms with Crippen LogP contribution in [-0.4, -0.2) is 36.6 Å². The molecule has 0 aromatic rings. The van der Waals surface area contributed by atoms with E-state index in [4.69, 9.17) is 9.47 Å². The van der Waals surface area contributed by atoms with Crippen LogP contribution in [-0.2, 0) is 23.9 Å². The van der Waals surface area contributed by atoms with E-state index in [2.05, 4.69) is 5.32 Å². The van der Waals surface area contributed by atoms with Gasteiger partial charge in [-0.2, -0.15) is 0 Å². The van der Waals surface area contributed by atoms with Crippen LogP contribution in [0.4, 0.5) is 0 Å². The molecule has 0 aromatic heterocycles. The number of ketones is 1. The Morgan fingerprint density at radius 2 is 1.75 bits per heavy atom. The Kier molecular flexibility index (Phi) is 3.32. The predicted molar refractivity (Wildman–Crippen MR) is 53.3 cm³/mol. The van der Waals surface area contributed by atoms with E-state index in [1.54, 1.807) is 14.0 Å². The average Bonchev–Trinajstić information content (AvgIpc) is 2.13. The van der Waals surface area contributed by atoms with Gasteiger partial charge in [0.2, 0.25) is 5.92 Å². The van der Waals surface area contributed by atoms with Crippen molar-refractivity contribution in [2.75, 3.05) is 7.05 Å². The molecule has 90 valence electrons. The van der Waals surface area contributed by atoms with Crippen molar-refractivity contribution in [1.29, 1.82) is 0 Å². The molecule has 0 amide bonds. The van der Waals surface area contributed by atoms with Crippen molar-refractivity contribution in [3.8, 4) is 0 Å². The highest BCUT2D eigenvalue weighted by Gasteiger charge is 2.48. The van der Waals surface area contributed by atoms with Crippen molar-refractivity contribution in [3.63, 3.8) is 0 Å². The van der Waals surface area contributed by atoms with Gasteiger partial charge in [0.15, 0.2) is 5.78 Å². The summed E-state index contributed by atoms with van der Waals surface area (Å²) in [6.07, 6.45) is 0. The fourth-order valence-electron chi connectivity index (χ4n) is 1.34. The molecule has 6 heteroatoms. The van der Waals surface area contributed by atoms with Crippen LogP contribution in [0.5, 0.6) is 0 Å². The molecule has 0 saturated carbocycles. The summed E-state index contributed by atoms with van der Waals surface area (Å²) in [5.41, 5.74) is 0. The summed E-state index contributed by atoms with van der Waals surface area (Å²) in [5, 5.41) is 2.66. The van der Waals surface area contributed by atoms with E-state index in [0.29, 0.717) is 0 Å². The van der Waals surface area contributed by atoms with Crippen molar-refractivity contribution < 1.29 is 23.9 Å². The molecule has 0 unspecified atom stereocenters. The van der Waals surface area contributed by atoms with Crippen LogP contribution in [0.25, 0.3) is 0 Å². The molecule has 1 aliphatic rings. The van der Waals surface area contributed by atoms with Crippen molar-refractivity contribution in [2.24, 2.45) is 5.92 Å². The van der Waals surface area contributed by atoms with E-state index in [0.717, 1.165) is 0 Å². The monoisotopic (exact) mass is 229 g/mol. The number of Topliss-reactive ketones (excluding diaryl/α,β-unsaturated/α-hetero) is 1. The predicted octanol–water partition coefficient (Wildman–Crippen LogP) is -0.384. The molecule has 1 heterocycles. The highest BCUT2D eigenvalue weighted by atomic mass is 16.7. The van der Waals surface area contributed by atoms with Gasteiger partial charge in [-0.25, -0.2) is 0 Å². The molecule has 1 rings (SSSR count). The number of hydrogen-bond acceptors (Lipinski definition) is 6. The van der Waals surface area contributed by atoms with Gasteiger partial charge < -0.3 is 14.8 Å². The minimum absolute atomic E-state index is 0.548. The van der Waals surface area contributed by atoms with Crippen molar-refractivity contribution >= 4 is 17.7 Å². The number of esters is 2. The first-order valence-corrected chi connectivity index (χ1v) is 4.95. The second-order valence-corrected chi connectivity index (χ2v) is 4.09. The smallest absolute Gasteiger partial charge is 0.331 e. The molecule has 1 fully saturated rings. The Balaban J connectivity index is 2.87. The Morgan fingerprint density at radius 1 is 1.31 bits per heavy atom. The average molecular weight is 229 g/mol. The fraction of sp³-hybridized carbons (Fsp3) is 0.700. The number of nitrogens with one attached hydrogen (secondary N) is 1. The number of hydrogen-bond donors (Lipinski definition) is 1. The maximum atomic E-state index is 11.7. The first-order valence-electron chi connectivity index (χ1n) is 4.95. The highest BCUT2D eigenvalue weighted by Crippen LogP contribution is 2.24. The summed E-state index contributed by atoms with van der Waals surface area (Å²) >= 11 is 0. The van der Waals surface area contributed by atoms with Gasteiger partial charge in [-0.15, -0.1) is 0 Å². The van der Waals surface area contributed by atoms with Gasteiger partial charge >= 0.3 is 11.9 Å². The zero-order chi connectivity index (χ0) is 12.5. The van der Waals surface area contributed by atoms with Crippen LogP contribution in [0.2, 0.25) is 0 Å². The molecular formula is C10H15NO5. The van der Waals surface area contributed by atoms with E-state index in [9.17, 15) is 14.4 Å². The molecule has 1 saturated heterocycles. The molecule has 6 nitrogen and oxygen atoms in total. The lowest BCUT2D eigenvalue weighted by atomic mass is 9.98. The molecule has 0 bridgehead atoms. The molecule has 0 aliphatic carbocycles. The van der Waals surface area contributed by atoms with Crippen LogP contribution < -0.4 is 5.32 Å². The zero-order valence-corrected chi connectivity index (χ0v) is 9.70. The molecule has 1 atom stereocenters. The number of cyclic esters (lactones) is 2. The number of likely N-dealkylation sites (N-methyl/N-ethyl adjacent to an activating group) is 1. The summed E-state index contributed by atoms with van der Waals surface area (Å²) in [6.45, 7) is 4.43. The third kappa shape index (κ3) is 2.38. The number of carbonyl (C=O) groups excluding carboxylic acids is 3. The number of rotatable bonds is 3. The van der Waals surface area contributed by atoms with Crippen LogP contribution in [0.3, 0.4) is 0 Å². The van der Waals surface area contributed by atoms with E-state index in [1.165, 1.54) is 13.8 Å². The van der Waals surface area contributed by atoms with Crippen LogP contribution >= 0.6 is 0 Å². The van der Waals surface area contributed by atoms with Gasteiger partial charge in [0.05, 0.1) is 6.04 Å². The van der Waals surface area contributed by atoms with Crippen molar-refractivity contribution in [2.45, 2.75) is 32.6 Å². The summed E-state index contributed by atoms with van der Waals surface area (Å²) in [6, 6.07) is -0.605. The Labute approximate surface area is 93.3 Å². The van der Waals surface area contributed by atoms with E-state index >= 15 is 0 Å². The summed E-state index contributed by atoms with van der Waals surface area (Å²) in [5.74, 6) is -5.03. The normalized spacial score (nSPS) is 22.2. The van der Waals surface area contributed by atoms with E-state index in [-0.39, 0.29) is 0 Å². The quantitative estimate of drug-likeness (QED) is 0.524. The second-order valence-electron chi connectivity index (χ2n) is 4.09. The van der Waals surface area contributed by atoms with E-state index in [1.807, 2.05) is 0 Å².